The minimum atomic E-state index is -0.320. The predicted octanol–water partition coefficient (Wildman–Crippen LogP) is 5.46. The summed E-state index contributed by atoms with van der Waals surface area (Å²) in [6.45, 7) is 1.99. The normalized spacial score (nSPS) is 26.0. The van der Waals surface area contributed by atoms with E-state index in [1.807, 2.05) is 67.6 Å². The summed E-state index contributed by atoms with van der Waals surface area (Å²) >= 11 is 0. The fourth-order valence-electron chi connectivity index (χ4n) is 5.45. The highest BCUT2D eigenvalue weighted by Crippen LogP contribution is 2.53. The Labute approximate surface area is 177 Å². The van der Waals surface area contributed by atoms with Crippen molar-refractivity contribution in [1.82, 2.24) is 0 Å². The zero-order valence-corrected chi connectivity index (χ0v) is 17.1. The Bertz CT molecular complexity index is 1010. The number of rotatable bonds is 3. The Kier molecular flexibility index (Phi) is 4.74. The SMILES string of the molecule is Cc1cccc(N2C(=O)[C@@H]3[C@H](C2=O)[C@H](c2ccccc2)CC[C@@H]3c2ccccc2)c1. The first-order valence-corrected chi connectivity index (χ1v) is 10.7. The maximum absolute atomic E-state index is 13.7. The molecule has 4 atom stereocenters. The molecule has 0 radical (unpaired) electrons. The molecule has 0 N–H and O–H groups in total. The maximum Gasteiger partial charge on any atom is 0.238 e. The number of hydrogen-bond donors (Lipinski definition) is 0. The smallest absolute Gasteiger partial charge is 0.238 e. The molecular weight excluding hydrogens is 370 g/mol. The van der Waals surface area contributed by atoms with Gasteiger partial charge in [-0.15, -0.1) is 0 Å². The van der Waals surface area contributed by atoms with Crippen molar-refractivity contribution in [3.05, 3.63) is 102 Å². The molecule has 0 spiro atoms. The van der Waals surface area contributed by atoms with Gasteiger partial charge in [-0.3, -0.25) is 14.5 Å². The largest absolute Gasteiger partial charge is 0.274 e. The van der Waals surface area contributed by atoms with E-state index in [1.54, 1.807) is 0 Å². The van der Waals surface area contributed by atoms with Crippen LogP contribution in [-0.4, -0.2) is 11.8 Å². The zero-order chi connectivity index (χ0) is 20.7. The quantitative estimate of drug-likeness (QED) is 0.552. The molecule has 30 heavy (non-hydrogen) atoms. The van der Waals surface area contributed by atoms with Crippen LogP contribution in [0, 0.1) is 18.8 Å². The van der Waals surface area contributed by atoms with Gasteiger partial charge < -0.3 is 0 Å². The van der Waals surface area contributed by atoms with Crippen molar-refractivity contribution >= 4 is 17.5 Å². The first-order chi connectivity index (χ1) is 14.6. The summed E-state index contributed by atoms with van der Waals surface area (Å²) < 4.78 is 0. The molecule has 2 amide bonds. The number of amides is 2. The summed E-state index contributed by atoms with van der Waals surface area (Å²) in [5.41, 5.74) is 4.05. The van der Waals surface area contributed by atoms with Crippen LogP contribution >= 0.6 is 0 Å². The first kappa shape index (κ1) is 18.8. The van der Waals surface area contributed by atoms with Crippen molar-refractivity contribution in [3.63, 3.8) is 0 Å². The second-order valence-electron chi connectivity index (χ2n) is 8.51. The number of hydrogen-bond acceptors (Lipinski definition) is 2. The Morgan fingerprint density at radius 2 is 1.17 bits per heavy atom. The second-order valence-corrected chi connectivity index (χ2v) is 8.51. The number of fused-ring (bicyclic) bond motifs is 1. The number of benzene rings is 3. The van der Waals surface area contributed by atoms with Gasteiger partial charge in [0.05, 0.1) is 17.5 Å². The van der Waals surface area contributed by atoms with Crippen molar-refractivity contribution in [2.24, 2.45) is 11.8 Å². The van der Waals surface area contributed by atoms with E-state index in [0.717, 1.165) is 29.5 Å². The minimum Gasteiger partial charge on any atom is -0.274 e. The van der Waals surface area contributed by atoms with E-state index in [9.17, 15) is 9.59 Å². The highest BCUT2D eigenvalue weighted by Gasteiger charge is 2.56. The molecule has 1 aliphatic heterocycles. The topological polar surface area (TPSA) is 37.4 Å². The predicted molar refractivity (Wildman–Crippen MR) is 118 cm³/mol. The van der Waals surface area contributed by atoms with Crippen LogP contribution < -0.4 is 4.90 Å². The van der Waals surface area contributed by atoms with Gasteiger partial charge in [-0.05, 0) is 60.4 Å². The lowest BCUT2D eigenvalue weighted by Crippen LogP contribution is -2.34. The van der Waals surface area contributed by atoms with E-state index in [2.05, 4.69) is 24.3 Å². The molecular formula is C27H25NO2. The number of anilines is 1. The van der Waals surface area contributed by atoms with Crippen LogP contribution in [0.1, 0.15) is 41.4 Å². The van der Waals surface area contributed by atoms with E-state index in [0.29, 0.717) is 5.69 Å². The van der Waals surface area contributed by atoms with Gasteiger partial charge >= 0.3 is 0 Å². The van der Waals surface area contributed by atoms with Gasteiger partial charge in [-0.25, -0.2) is 0 Å². The highest BCUT2D eigenvalue weighted by molar-refractivity contribution is 6.22. The van der Waals surface area contributed by atoms with Gasteiger partial charge in [0.1, 0.15) is 0 Å². The first-order valence-electron chi connectivity index (χ1n) is 10.7. The van der Waals surface area contributed by atoms with Crippen molar-refractivity contribution in [2.45, 2.75) is 31.6 Å². The molecule has 1 saturated heterocycles. The lowest BCUT2D eigenvalue weighted by Gasteiger charge is -2.37. The van der Waals surface area contributed by atoms with Crippen molar-refractivity contribution < 1.29 is 9.59 Å². The summed E-state index contributed by atoms with van der Waals surface area (Å²) in [4.78, 5) is 28.9. The van der Waals surface area contributed by atoms with Gasteiger partial charge in [0.25, 0.3) is 0 Å². The Balaban J connectivity index is 1.61. The molecule has 150 valence electrons. The molecule has 3 heteroatoms. The third-order valence-electron chi connectivity index (χ3n) is 6.77. The van der Waals surface area contributed by atoms with E-state index in [4.69, 9.17) is 0 Å². The summed E-state index contributed by atoms with van der Waals surface area (Å²) in [6, 6.07) is 28.2. The van der Waals surface area contributed by atoms with Crippen LogP contribution in [0.5, 0.6) is 0 Å². The maximum atomic E-state index is 13.7. The number of carbonyl (C=O) groups excluding carboxylic acids is 2. The third-order valence-corrected chi connectivity index (χ3v) is 6.77. The van der Waals surface area contributed by atoms with Gasteiger partial charge in [0.15, 0.2) is 0 Å². The lowest BCUT2D eigenvalue weighted by molar-refractivity contribution is -0.122. The second kappa shape index (κ2) is 7.56. The summed E-state index contributed by atoms with van der Waals surface area (Å²) in [5.74, 6) is -0.598. The molecule has 5 rings (SSSR count). The van der Waals surface area contributed by atoms with Crippen LogP contribution in [-0.2, 0) is 9.59 Å². The van der Waals surface area contributed by atoms with E-state index >= 15 is 0 Å². The molecule has 2 fully saturated rings. The third kappa shape index (κ3) is 3.06. The van der Waals surface area contributed by atoms with Crippen LogP contribution in [0.3, 0.4) is 0 Å². The van der Waals surface area contributed by atoms with E-state index < -0.39 is 0 Å². The van der Waals surface area contributed by atoms with E-state index in [-0.39, 0.29) is 35.5 Å². The average Bonchev–Trinajstić information content (AvgIpc) is 3.05. The Morgan fingerprint density at radius 1 is 0.667 bits per heavy atom. The molecule has 0 aromatic heterocycles. The summed E-state index contributed by atoms with van der Waals surface area (Å²) in [7, 11) is 0. The van der Waals surface area contributed by atoms with Gasteiger partial charge in [0.2, 0.25) is 11.8 Å². The average molecular weight is 396 g/mol. The molecule has 1 heterocycles. The van der Waals surface area contributed by atoms with Crippen molar-refractivity contribution in [3.8, 4) is 0 Å². The molecule has 3 aromatic carbocycles. The van der Waals surface area contributed by atoms with Gasteiger partial charge in [0, 0.05) is 0 Å². The molecule has 0 unspecified atom stereocenters. The number of nitrogens with zero attached hydrogens (tertiary/aromatic N) is 1. The van der Waals surface area contributed by atoms with Crippen LogP contribution in [0.4, 0.5) is 5.69 Å². The standard InChI is InChI=1S/C27H25NO2/c1-18-9-8-14-21(17-18)28-26(29)24-22(19-10-4-2-5-11-19)15-16-23(25(24)27(28)30)20-12-6-3-7-13-20/h2-14,17,22-25H,15-16H2,1H3/t22-,23+,24+,25-. The highest BCUT2D eigenvalue weighted by atomic mass is 16.2. The summed E-state index contributed by atoms with van der Waals surface area (Å²) in [6.07, 6.45) is 1.82. The zero-order valence-electron chi connectivity index (χ0n) is 17.1. The molecule has 1 saturated carbocycles. The Hall–Kier alpha value is -3.20. The lowest BCUT2D eigenvalue weighted by atomic mass is 9.64. The molecule has 2 aliphatic rings. The van der Waals surface area contributed by atoms with Crippen LogP contribution in [0.15, 0.2) is 84.9 Å². The fourth-order valence-corrected chi connectivity index (χ4v) is 5.45. The fraction of sp³-hybridized carbons (Fsp3) is 0.259. The van der Waals surface area contributed by atoms with Gasteiger partial charge in [-0.1, -0.05) is 72.8 Å². The number of aryl methyl sites for hydroxylation is 1. The minimum absolute atomic E-state index is 0.0508. The van der Waals surface area contributed by atoms with E-state index in [1.165, 1.54) is 4.90 Å². The number of carbonyl (C=O) groups is 2. The summed E-state index contributed by atoms with van der Waals surface area (Å²) in [5, 5.41) is 0. The van der Waals surface area contributed by atoms with Crippen molar-refractivity contribution in [2.75, 3.05) is 4.90 Å². The van der Waals surface area contributed by atoms with Crippen LogP contribution in [0.2, 0.25) is 0 Å². The van der Waals surface area contributed by atoms with Crippen molar-refractivity contribution in [1.29, 1.82) is 0 Å². The molecule has 0 bridgehead atoms. The molecule has 3 nitrogen and oxygen atoms in total. The Morgan fingerprint density at radius 3 is 1.63 bits per heavy atom. The number of imide groups is 1. The molecule has 1 aliphatic carbocycles. The monoisotopic (exact) mass is 395 g/mol. The van der Waals surface area contributed by atoms with Gasteiger partial charge in [-0.2, -0.15) is 0 Å². The van der Waals surface area contributed by atoms with Crippen LogP contribution in [0.25, 0.3) is 0 Å². The molecule has 3 aromatic rings.